The number of alkyl halides is 6. The first-order valence-electron chi connectivity index (χ1n) is 9.51. The maximum atomic E-state index is 13.0. The molecule has 1 aliphatic rings. The van der Waals surface area contributed by atoms with Crippen LogP contribution >= 0.6 is 0 Å². The number of nitrogens with one attached hydrogen (secondary N) is 2. The Labute approximate surface area is 179 Å². The molecular formula is C19H20F6N6O. The molecule has 1 saturated heterocycles. The van der Waals surface area contributed by atoms with E-state index in [9.17, 15) is 31.1 Å². The zero-order chi connectivity index (χ0) is 23.7. The average Bonchev–Trinajstić information content (AvgIpc) is 3.21. The van der Waals surface area contributed by atoms with E-state index in [1.807, 2.05) is 10.2 Å². The normalized spacial score (nSPS) is 14.4. The smallest absolute Gasteiger partial charge is 0.361 e. The first-order valence-corrected chi connectivity index (χ1v) is 9.51. The molecule has 7 nitrogen and oxygen atoms in total. The van der Waals surface area contributed by atoms with Crippen LogP contribution in [0.3, 0.4) is 0 Å². The lowest BCUT2D eigenvalue weighted by Gasteiger charge is -2.21. The topological polar surface area (TPSA) is 73.4 Å². The van der Waals surface area contributed by atoms with Crippen molar-refractivity contribution in [3.8, 4) is 0 Å². The fourth-order valence-electron chi connectivity index (χ4n) is 3.17. The summed E-state index contributed by atoms with van der Waals surface area (Å²) in [5.41, 5.74) is -3.59. The number of anilines is 4. The van der Waals surface area contributed by atoms with E-state index in [0.29, 0.717) is 23.9 Å². The highest BCUT2D eigenvalue weighted by molar-refractivity contribution is 6.01. The second-order valence-electron chi connectivity index (χ2n) is 7.37. The third kappa shape index (κ3) is 5.51. The molecule has 32 heavy (non-hydrogen) atoms. The summed E-state index contributed by atoms with van der Waals surface area (Å²) in [6.45, 7) is 1.58. The fraction of sp³-hybridized carbons (Fsp3) is 0.421. The molecule has 0 saturated carbocycles. The number of rotatable bonds is 4. The van der Waals surface area contributed by atoms with Gasteiger partial charge in [0.25, 0.3) is 0 Å². The predicted molar refractivity (Wildman–Crippen MR) is 107 cm³/mol. The minimum Gasteiger partial charge on any atom is -0.361 e. The molecule has 3 rings (SSSR count). The summed E-state index contributed by atoms with van der Waals surface area (Å²) >= 11 is 0. The monoisotopic (exact) mass is 462 g/mol. The van der Waals surface area contributed by atoms with Crippen molar-refractivity contribution in [2.45, 2.75) is 25.2 Å². The van der Waals surface area contributed by atoms with Crippen LogP contribution in [0.2, 0.25) is 0 Å². The molecule has 0 atom stereocenters. The van der Waals surface area contributed by atoms with Gasteiger partial charge in [-0.3, -0.25) is 0 Å². The van der Waals surface area contributed by atoms with E-state index in [2.05, 4.69) is 15.3 Å². The van der Waals surface area contributed by atoms with Gasteiger partial charge in [-0.25, -0.2) is 9.78 Å². The number of halogens is 6. The van der Waals surface area contributed by atoms with Crippen LogP contribution < -0.4 is 20.4 Å². The highest BCUT2D eigenvalue weighted by Gasteiger charge is 2.37. The number of benzene rings is 1. The maximum absolute atomic E-state index is 13.0. The third-order valence-electron chi connectivity index (χ3n) is 4.66. The molecule has 1 aromatic heterocycles. The number of hydrogen-bond donors (Lipinski definition) is 2. The Morgan fingerprint density at radius 2 is 1.53 bits per heavy atom. The van der Waals surface area contributed by atoms with Crippen LogP contribution in [0.1, 0.15) is 24.0 Å². The molecule has 2 aromatic rings. The fourth-order valence-corrected chi connectivity index (χ4v) is 3.17. The first kappa shape index (κ1) is 23.4. The van der Waals surface area contributed by atoms with Gasteiger partial charge in [-0.2, -0.15) is 31.3 Å². The second kappa shape index (κ2) is 8.71. The van der Waals surface area contributed by atoms with E-state index in [0.717, 1.165) is 25.9 Å². The quantitative estimate of drug-likeness (QED) is 0.638. The lowest BCUT2D eigenvalue weighted by atomic mass is 10.1. The molecule has 0 bridgehead atoms. The van der Waals surface area contributed by atoms with Gasteiger partial charge < -0.3 is 20.4 Å². The van der Waals surface area contributed by atoms with Crippen molar-refractivity contribution in [2.24, 2.45) is 0 Å². The molecule has 1 aliphatic heterocycles. The Morgan fingerprint density at radius 1 is 0.969 bits per heavy atom. The van der Waals surface area contributed by atoms with Crippen molar-refractivity contribution in [1.82, 2.24) is 9.97 Å². The van der Waals surface area contributed by atoms with Gasteiger partial charge in [-0.15, -0.1) is 0 Å². The van der Waals surface area contributed by atoms with Crippen molar-refractivity contribution in [3.05, 3.63) is 35.5 Å². The van der Waals surface area contributed by atoms with Crippen LogP contribution in [0.5, 0.6) is 0 Å². The van der Waals surface area contributed by atoms with Gasteiger partial charge in [0, 0.05) is 32.9 Å². The molecule has 2 N–H and O–H groups in total. The van der Waals surface area contributed by atoms with Crippen LogP contribution in [-0.2, 0) is 12.4 Å². The van der Waals surface area contributed by atoms with Gasteiger partial charge in [0.15, 0.2) is 5.82 Å². The van der Waals surface area contributed by atoms with Gasteiger partial charge in [-0.05, 0) is 31.0 Å². The molecule has 2 amide bonds. The molecular weight excluding hydrogens is 442 g/mol. The summed E-state index contributed by atoms with van der Waals surface area (Å²) in [5.74, 6) is 0.793. The Kier molecular flexibility index (Phi) is 6.37. The van der Waals surface area contributed by atoms with E-state index >= 15 is 0 Å². The number of urea groups is 1. The summed E-state index contributed by atoms with van der Waals surface area (Å²) < 4.78 is 78.0. The molecule has 0 unspecified atom stereocenters. The Bertz CT molecular complexity index is 953. The van der Waals surface area contributed by atoms with Crippen LogP contribution in [0.15, 0.2) is 24.4 Å². The molecule has 0 aliphatic carbocycles. The minimum absolute atomic E-state index is 0.0157. The average molecular weight is 462 g/mol. The second-order valence-corrected chi connectivity index (χ2v) is 7.37. The number of carbonyl (C=O) groups excluding carboxylic acids is 1. The van der Waals surface area contributed by atoms with Gasteiger partial charge in [-0.1, -0.05) is 0 Å². The largest absolute Gasteiger partial charge is 0.416 e. The lowest BCUT2D eigenvalue weighted by Crippen LogP contribution is -2.25. The highest BCUT2D eigenvalue weighted by Crippen LogP contribution is 2.37. The van der Waals surface area contributed by atoms with E-state index < -0.39 is 35.2 Å². The van der Waals surface area contributed by atoms with Gasteiger partial charge in [0.1, 0.15) is 5.69 Å². The SMILES string of the molecule is CN(C)c1nc(N2CCCC2)ncc1NC(=O)Nc1cc(C(F)(F)F)cc(C(F)(F)F)c1. The zero-order valence-corrected chi connectivity index (χ0v) is 17.1. The van der Waals surface area contributed by atoms with Crippen molar-refractivity contribution < 1.29 is 31.1 Å². The standard InChI is InChI=1S/C19H20F6N6O/c1-30(2)15-14(10-26-16(29-15)31-5-3-4-6-31)28-17(32)27-13-8-11(18(20,21)22)7-12(9-13)19(23,24)25/h7-10H,3-6H2,1-2H3,(H2,27,28,32). The van der Waals surface area contributed by atoms with Crippen LogP contribution in [0.4, 0.5) is 54.3 Å². The Balaban J connectivity index is 1.83. The molecule has 2 heterocycles. The summed E-state index contributed by atoms with van der Waals surface area (Å²) in [7, 11) is 3.34. The van der Waals surface area contributed by atoms with E-state index in [1.54, 1.807) is 19.0 Å². The minimum atomic E-state index is -5.02. The molecule has 0 radical (unpaired) electrons. The van der Waals surface area contributed by atoms with Crippen LogP contribution in [-0.4, -0.2) is 43.2 Å². The van der Waals surface area contributed by atoms with Gasteiger partial charge >= 0.3 is 18.4 Å². The summed E-state index contributed by atoms with van der Waals surface area (Å²) in [6.07, 6.45) is -6.71. The first-order chi connectivity index (χ1) is 14.8. The maximum Gasteiger partial charge on any atom is 0.416 e. The zero-order valence-electron chi connectivity index (χ0n) is 17.1. The number of hydrogen-bond acceptors (Lipinski definition) is 5. The lowest BCUT2D eigenvalue weighted by molar-refractivity contribution is -0.143. The van der Waals surface area contributed by atoms with Crippen molar-refractivity contribution in [2.75, 3.05) is 47.6 Å². The molecule has 13 heteroatoms. The predicted octanol–water partition coefficient (Wildman–Crippen LogP) is 4.82. The third-order valence-corrected chi connectivity index (χ3v) is 4.66. The molecule has 0 spiro atoms. The molecule has 174 valence electrons. The summed E-state index contributed by atoms with van der Waals surface area (Å²) in [4.78, 5) is 24.5. The molecule has 1 fully saturated rings. The Morgan fingerprint density at radius 3 is 2.03 bits per heavy atom. The van der Waals surface area contributed by atoms with E-state index in [1.165, 1.54) is 6.20 Å². The van der Waals surface area contributed by atoms with Crippen LogP contribution in [0.25, 0.3) is 0 Å². The van der Waals surface area contributed by atoms with Gasteiger partial charge in [0.2, 0.25) is 5.95 Å². The number of nitrogens with zero attached hydrogens (tertiary/aromatic N) is 4. The van der Waals surface area contributed by atoms with Crippen LogP contribution in [0, 0.1) is 0 Å². The number of amides is 2. The Hall–Kier alpha value is -3.25. The van der Waals surface area contributed by atoms with E-state index in [-0.39, 0.29) is 11.8 Å². The number of aromatic nitrogens is 2. The van der Waals surface area contributed by atoms with Crippen molar-refractivity contribution >= 4 is 29.2 Å². The summed E-state index contributed by atoms with van der Waals surface area (Å²) in [6, 6.07) is -0.209. The van der Waals surface area contributed by atoms with Crippen molar-refractivity contribution in [1.29, 1.82) is 0 Å². The van der Waals surface area contributed by atoms with Gasteiger partial charge in [0.05, 0.1) is 17.3 Å². The molecule has 1 aromatic carbocycles. The van der Waals surface area contributed by atoms with Crippen molar-refractivity contribution in [3.63, 3.8) is 0 Å². The highest BCUT2D eigenvalue weighted by atomic mass is 19.4. The number of carbonyl (C=O) groups is 1. The van der Waals surface area contributed by atoms with E-state index in [4.69, 9.17) is 0 Å². The summed E-state index contributed by atoms with van der Waals surface area (Å²) in [5, 5.41) is 4.39.